The molecule has 0 aliphatic carbocycles. The molecule has 0 saturated carbocycles. The number of benzene rings is 2. The van der Waals surface area contributed by atoms with Crippen LogP contribution in [-0.2, 0) is 10.0 Å². The van der Waals surface area contributed by atoms with Gasteiger partial charge in [0.05, 0.1) is 28.5 Å². The van der Waals surface area contributed by atoms with Gasteiger partial charge >= 0.3 is 0 Å². The summed E-state index contributed by atoms with van der Waals surface area (Å²) in [7, 11) is -2.69. The Balaban J connectivity index is 1.56. The second kappa shape index (κ2) is 10.3. The number of hydrogen-bond acceptors (Lipinski definition) is 8. The molecule has 186 valence electrons. The van der Waals surface area contributed by atoms with Crippen LogP contribution in [0.25, 0.3) is 11.3 Å². The number of aromatic nitrogens is 2. The topological polar surface area (TPSA) is 114 Å². The van der Waals surface area contributed by atoms with Crippen LogP contribution in [0, 0.1) is 18.6 Å². The van der Waals surface area contributed by atoms with Crippen molar-refractivity contribution in [2.24, 2.45) is 4.99 Å². The summed E-state index contributed by atoms with van der Waals surface area (Å²) in [6, 6.07) is 9.75. The van der Waals surface area contributed by atoms with Crippen molar-refractivity contribution in [3.8, 4) is 22.8 Å². The van der Waals surface area contributed by atoms with E-state index in [0.29, 0.717) is 26.4 Å². The number of phenolic OH excluding ortho intramolecular Hbond substituents is 1. The van der Waals surface area contributed by atoms with Crippen LogP contribution in [0.5, 0.6) is 11.5 Å². The number of nitrogens with one attached hydrogen (secondary N) is 1. The summed E-state index contributed by atoms with van der Waals surface area (Å²) in [4.78, 5) is 12.5. The zero-order chi connectivity index (χ0) is 26.0. The summed E-state index contributed by atoms with van der Waals surface area (Å²) in [5, 5.41) is 9.95. The molecular formula is C23H17BrF2N4O4S2. The normalized spacial score (nSPS) is 11.7. The van der Waals surface area contributed by atoms with Gasteiger partial charge in [0.25, 0.3) is 10.0 Å². The van der Waals surface area contributed by atoms with Gasteiger partial charge in [0.15, 0.2) is 33.3 Å². The highest BCUT2D eigenvalue weighted by Gasteiger charge is 2.22. The maximum absolute atomic E-state index is 13.6. The molecule has 2 aromatic heterocycles. The Hall–Kier alpha value is -3.42. The van der Waals surface area contributed by atoms with Crippen molar-refractivity contribution in [3.63, 3.8) is 0 Å². The number of hydrogen-bond donors (Lipinski definition) is 2. The highest BCUT2D eigenvalue weighted by atomic mass is 79.9. The van der Waals surface area contributed by atoms with Crippen LogP contribution < -0.4 is 9.46 Å². The average molecular weight is 595 g/mol. The second-order valence-electron chi connectivity index (χ2n) is 7.35. The van der Waals surface area contributed by atoms with Crippen LogP contribution in [0.2, 0.25) is 0 Å². The monoisotopic (exact) mass is 594 g/mol. The maximum atomic E-state index is 13.6. The van der Waals surface area contributed by atoms with Gasteiger partial charge in [-0.25, -0.2) is 18.7 Å². The standard InChI is InChI=1S/C23H17BrF2N4O4S2/c1-12-8-15(27-10-14-4-3-5-18(34-2)20(14)31)11-28-22(12)36(32,33)30-23-29-19(21(24)35-23)13-6-7-16(25)17(26)9-13/h3-11,31H,1-2H3,(H,29,30). The minimum Gasteiger partial charge on any atom is -0.504 e. The first-order chi connectivity index (χ1) is 17.1. The van der Waals surface area contributed by atoms with Crippen molar-refractivity contribution in [1.82, 2.24) is 9.97 Å². The molecule has 0 atom stereocenters. The largest absolute Gasteiger partial charge is 0.504 e. The van der Waals surface area contributed by atoms with Crippen LogP contribution >= 0.6 is 27.3 Å². The smallest absolute Gasteiger partial charge is 0.281 e. The van der Waals surface area contributed by atoms with Crippen molar-refractivity contribution in [1.29, 1.82) is 0 Å². The number of rotatable bonds is 7. The zero-order valence-electron chi connectivity index (χ0n) is 18.7. The van der Waals surface area contributed by atoms with Crippen LogP contribution in [0.1, 0.15) is 11.1 Å². The maximum Gasteiger partial charge on any atom is 0.281 e. The fourth-order valence-corrected chi connectivity index (χ4v) is 6.07. The van der Waals surface area contributed by atoms with E-state index in [4.69, 9.17) is 4.74 Å². The Kier molecular flexibility index (Phi) is 7.33. The molecule has 4 aromatic rings. The molecule has 4 rings (SSSR count). The average Bonchev–Trinajstić information content (AvgIpc) is 3.19. The Morgan fingerprint density at radius 2 is 1.97 bits per heavy atom. The molecule has 0 bridgehead atoms. The third-order valence-corrected chi connectivity index (χ3v) is 8.02. The molecule has 0 aliphatic rings. The Morgan fingerprint density at radius 1 is 1.19 bits per heavy atom. The zero-order valence-corrected chi connectivity index (χ0v) is 21.9. The van der Waals surface area contributed by atoms with E-state index < -0.39 is 21.7 Å². The van der Waals surface area contributed by atoms with Gasteiger partial charge in [0.1, 0.15) is 0 Å². The predicted octanol–water partition coefficient (Wildman–Crippen LogP) is 5.82. The van der Waals surface area contributed by atoms with E-state index in [-0.39, 0.29) is 27.2 Å². The van der Waals surface area contributed by atoms with Crippen LogP contribution in [0.4, 0.5) is 19.6 Å². The number of sulfonamides is 1. The van der Waals surface area contributed by atoms with E-state index in [2.05, 4.69) is 35.6 Å². The first kappa shape index (κ1) is 25.7. The second-order valence-corrected chi connectivity index (χ2v) is 11.3. The number of pyridine rings is 1. The molecule has 2 aromatic carbocycles. The lowest BCUT2D eigenvalue weighted by molar-refractivity contribution is 0.373. The van der Waals surface area contributed by atoms with Gasteiger partial charge < -0.3 is 9.84 Å². The van der Waals surface area contributed by atoms with Crippen molar-refractivity contribution in [2.45, 2.75) is 11.9 Å². The number of halogens is 3. The molecule has 13 heteroatoms. The third-order valence-electron chi connectivity index (χ3n) is 4.87. The van der Waals surface area contributed by atoms with Gasteiger partial charge in [-0.15, -0.1) is 0 Å². The van der Waals surface area contributed by atoms with E-state index in [1.54, 1.807) is 25.1 Å². The number of nitrogens with zero attached hydrogens (tertiary/aromatic N) is 3. The predicted molar refractivity (Wildman–Crippen MR) is 137 cm³/mol. The number of thiazole rings is 1. The number of phenols is 1. The highest BCUT2D eigenvalue weighted by molar-refractivity contribution is 9.11. The summed E-state index contributed by atoms with van der Waals surface area (Å²) in [5.41, 5.74) is 1.64. The van der Waals surface area contributed by atoms with Crippen molar-refractivity contribution < 1.29 is 27.0 Å². The van der Waals surface area contributed by atoms with Crippen LogP contribution in [0.15, 0.2) is 62.5 Å². The number of methoxy groups -OCH3 is 1. The summed E-state index contributed by atoms with van der Waals surface area (Å²) >= 11 is 4.26. The first-order valence-corrected chi connectivity index (χ1v) is 13.2. The van der Waals surface area contributed by atoms with Gasteiger partial charge in [-0.2, -0.15) is 8.42 Å². The molecule has 2 N–H and O–H groups in total. The fourth-order valence-electron chi connectivity index (χ4n) is 3.18. The third kappa shape index (κ3) is 5.37. The van der Waals surface area contributed by atoms with E-state index in [1.807, 2.05) is 0 Å². The number of aliphatic imine (C=N–C) groups is 1. The summed E-state index contributed by atoms with van der Waals surface area (Å²) < 4.78 is 60.7. The first-order valence-electron chi connectivity index (χ1n) is 10.1. The van der Waals surface area contributed by atoms with E-state index in [9.17, 15) is 22.3 Å². The van der Waals surface area contributed by atoms with E-state index in [0.717, 1.165) is 23.5 Å². The van der Waals surface area contributed by atoms with Crippen LogP contribution in [0.3, 0.4) is 0 Å². The van der Waals surface area contributed by atoms with Gasteiger partial charge in [-0.05, 0) is 64.8 Å². The van der Waals surface area contributed by atoms with Crippen LogP contribution in [-0.4, -0.2) is 36.8 Å². The quantitative estimate of drug-likeness (QED) is 0.261. The molecule has 0 radical (unpaired) electrons. The highest BCUT2D eigenvalue weighted by Crippen LogP contribution is 2.37. The molecule has 2 heterocycles. The lowest BCUT2D eigenvalue weighted by Gasteiger charge is -2.08. The number of aromatic hydroxyl groups is 1. The molecule has 0 spiro atoms. The Morgan fingerprint density at radius 3 is 2.67 bits per heavy atom. The Bertz CT molecular complexity index is 1590. The lowest BCUT2D eigenvalue weighted by Crippen LogP contribution is -2.15. The minimum absolute atomic E-state index is 0.0124. The van der Waals surface area contributed by atoms with Crippen molar-refractivity contribution in [2.75, 3.05) is 11.8 Å². The summed E-state index contributed by atoms with van der Waals surface area (Å²) in [6.07, 6.45) is 2.69. The minimum atomic E-state index is -4.12. The van der Waals surface area contributed by atoms with Gasteiger partial charge in [-0.3, -0.25) is 9.71 Å². The molecule has 0 unspecified atom stereocenters. The number of aryl methyl sites for hydroxylation is 1. The Labute approximate surface area is 217 Å². The number of anilines is 1. The lowest BCUT2D eigenvalue weighted by atomic mass is 10.2. The molecule has 36 heavy (non-hydrogen) atoms. The molecular weight excluding hydrogens is 578 g/mol. The van der Waals surface area contributed by atoms with Gasteiger partial charge in [0.2, 0.25) is 0 Å². The van der Waals surface area contributed by atoms with E-state index in [1.165, 1.54) is 31.7 Å². The summed E-state index contributed by atoms with van der Waals surface area (Å²) in [6.45, 7) is 1.56. The van der Waals surface area contributed by atoms with Gasteiger partial charge in [-0.1, -0.05) is 17.4 Å². The number of para-hydroxylation sites is 1. The van der Waals surface area contributed by atoms with Crippen molar-refractivity contribution >= 4 is 54.3 Å². The molecule has 0 fully saturated rings. The molecule has 0 saturated heterocycles. The SMILES string of the molecule is COc1cccc(C=Nc2cnc(S(=O)(=O)Nc3nc(-c4ccc(F)c(F)c4)c(Br)s3)c(C)c2)c1O. The molecule has 8 nitrogen and oxygen atoms in total. The molecule has 0 amide bonds. The van der Waals surface area contributed by atoms with Crippen molar-refractivity contribution in [3.05, 3.63) is 75.2 Å². The fraction of sp³-hybridized carbons (Fsp3) is 0.0870. The van der Waals surface area contributed by atoms with E-state index >= 15 is 0 Å². The molecule has 0 aliphatic heterocycles. The summed E-state index contributed by atoms with van der Waals surface area (Å²) in [5.74, 6) is -1.82. The van der Waals surface area contributed by atoms with Gasteiger partial charge in [0, 0.05) is 17.3 Å². The number of ether oxygens (including phenoxy) is 1.